The number of amidine groups is 1. The lowest BCUT2D eigenvalue weighted by molar-refractivity contribution is -0.121. The minimum atomic E-state index is -0.108. The van der Waals surface area contributed by atoms with E-state index in [1.54, 1.807) is 38.4 Å². The third kappa shape index (κ3) is 3.28. The van der Waals surface area contributed by atoms with E-state index in [2.05, 4.69) is 4.99 Å². The lowest BCUT2D eigenvalue weighted by atomic mass is 10.2. The van der Waals surface area contributed by atoms with Gasteiger partial charge in [0.25, 0.3) is 5.91 Å². The van der Waals surface area contributed by atoms with Crippen LogP contribution in [0.25, 0.3) is 6.08 Å². The van der Waals surface area contributed by atoms with Crippen molar-refractivity contribution in [1.29, 1.82) is 0 Å². The molecule has 1 amide bonds. The number of rotatable bonds is 3. The highest BCUT2D eigenvalue weighted by Crippen LogP contribution is 2.34. The zero-order valence-corrected chi connectivity index (χ0v) is 14.1. The second kappa shape index (κ2) is 6.80. The Hall–Kier alpha value is -2.73. The molecule has 24 heavy (non-hydrogen) atoms. The topological polar surface area (TPSA) is 62.1 Å². The van der Waals surface area contributed by atoms with Crippen molar-refractivity contribution in [2.75, 3.05) is 14.2 Å². The molecule has 0 atom stereocenters. The molecule has 6 heteroatoms. The van der Waals surface area contributed by atoms with Gasteiger partial charge in [-0.15, -0.1) is 0 Å². The zero-order valence-electron chi connectivity index (χ0n) is 13.3. The molecule has 0 aromatic heterocycles. The Morgan fingerprint density at radius 1 is 1.17 bits per heavy atom. The normalized spacial score (nSPS) is 17.8. The minimum absolute atomic E-state index is 0.108. The van der Waals surface area contributed by atoms with Crippen LogP contribution in [0.15, 0.2) is 58.4 Å². The number of methoxy groups -OCH3 is 1. The highest BCUT2D eigenvalue weighted by Gasteiger charge is 2.30. The van der Waals surface area contributed by atoms with E-state index in [0.29, 0.717) is 21.5 Å². The van der Waals surface area contributed by atoms with Gasteiger partial charge < -0.3 is 9.84 Å². The van der Waals surface area contributed by atoms with E-state index in [1.807, 2.05) is 30.3 Å². The van der Waals surface area contributed by atoms with E-state index in [4.69, 9.17) is 4.74 Å². The summed E-state index contributed by atoms with van der Waals surface area (Å²) >= 11 is 1.31. The number of carbonyl (C=O) groups is 1. The second-order valence-electron chi connectivity index (χ2n) is 5.13. The van der Waals surface area contributed by atoms with Gasteiger partial charge in [0.2, 0.25) is 0 Å². The number of amides is 1. The van der Waals surface area contributed by atoms with Gasteiger partial charge >= 0.3 is 0 Å². The molecule has 0 bridgehead atoms. The molecule has 3 rings (SSSR count). The highest BCUT2D eigenvalue weighted by atomic mass is 32.2. The number of thioether (sulfide) groups is 1. The first kappa shape index (κ1) is 16.1. The monoisotopic (exact) mass is 340 g/mol. The smallest absolute Gasteiger partial charge is 0.266 e. The van der Waals surface area contributed by atoms with Crippen LogP contribution in [0.3, 0.4) is 0 Å². The van der Waals surface area contributed by atoms with Gasteiger partial charge in [-0.3, -0.25) is 9.69 Å². The molecule has 1 N–H and O–H groups in total. The zero-order chi connectivity index (χ0) is 17.1. The summed E-state index contributed by atoms with van der Waals surface area (Å²) in [5.41, 5.74) is 1.52. The molecular formula is C18H16N2O3S. The molecule has 1 aliphatic heterocycles. The predicted molar refractivity (Wildman–Crippen MR) is 96.5 cm³/mol. The number of para-hydroxylation sites is 1. The number of ether oxygens (including phenoxy) is 1. The number of aromatic hydroxyl groups is 1. The van der Waals surface area contributed by atoms with Crippen molar-refractivity contribution in [1.82, 2.24) is 4.90 Å². The minimum Gasteiger partial charge on any atom is -0.508 e. The van der Waals surface area contributed by atoms with Crippen LogP contribution in [-0.4, -0.2) is 35.2 Å². The Kier molecular flexibility index (Phi) is 4.57. The van der Waals surface area contributed by atoms with E-state index in [9.17, 15) is 9.90 Å². The van der Waals surface area contributed by atoms with E-state index in [1.165, 1.54) is 16.7 Å². The molecule has 0 saturated carbocycles. The van der Waals surface area contributed by atoms with Crippen molar-refractivity contribution < 1.29 is 14.6 Å². The van der Waals surface area contributed by atoms with Crippen molar-refractivity contribution in [2.45, 2.75) is 0 Å². The maximum absolute atomic E-state index is 12.4. The summed E-state index contributed by atoms with van der Waals surface area (Å²) in [7, 11) is 3.29. The van der Waals surface area contributed by atoms with Crippen LogP contribution in [0.1, 0.15) is 5.56 Å². The molecule has 122 valence electrons. The maximum Gasteiger partial charge on any atom is 0.266 e. The van der Waals surface area contributed by atoms with Gasteiger partial charge in [-0.1, -0.05) is 18.2 Å². The number of benzene rings is 2. The van der Waals surface area contributed by atoms with E-state index >= 15 is 0 Å². The number of carbonyl (C=O) groups excluding carboxylic acids is 1. The number of phenols is 1. The van der Waals surface area contributed by atoms with E-state index < -0.39 is 0 Å². The summed E-state index contributed by atoms with van der Waals surface area (Å²) in [6, 6.07) is 14.0. The van der Waals surface area contributed by atoms with Gasteiger partial charge in [0, 0.05) is 12.6 Å². The summed E-state index contributed by atoms with van der Waals surface area (Å²) in [5.74, 6) is 0.785. The van der Waals surface area contributed by atoms with Gasteiger partial charge in [-0.05, 0) is 48.2 Å². The van der Waals surface area contributed by atoms with Crippen LogP contribution in [0.4, 0.5) is 5.69 Å². The van der Waals surface area contributed by atoms with Crippen LogP contribution in [-0.2, 0) is 4.79 Å². The molecule has 2 aromatic rings. The van der Waals surface area contributed by atoms with Crippen LogP contribution in [0.2, 0.25) is 0 Å². The summed E-state index contributed by atoms with van der Waals surface area (Å²) in [6.07, 6.45) is 1.81. The van der Waals surface area contributed by atoms with Crippen LogP contribution >= 0.6 is 11.8 Å². The average Bonchev–Trinajstić information content (AvgIpc) is 2.85. The molecule has 0 spiro atoms. The fourth-order valence-corrected chi connectivity index (χ4v) is 3.19. The van der Waals surface area contributed by atoms with Crippen molar-refractivity contribution in [2.24, 2.45) is 4.99 Å². The predicted octanol–water partition coefficient (Wildman–Crippen LogP) is 3.63. The van der Waals surface area contributed by atoms with Gasteiger partial charge in [-0.25, -0.2) is 4.99 Å². The van der Waals surface area contributed by atoms with Crippen LogP contribution in [0, 0.1) is 0 Å². The average molecular weight is 340 g/mol. The molecule has 1 heterocycles. The molecule has 5 nitrogen and oxygen atoms in total. The van der Waals surface area contributed by atoms with Crippen molar-refractivity contribution in [3.05, 3.63) is 59.0 Å². The van der Waals surface area contributed by atoms with Gasteiger partial charge in [-0.2, -0.15) is 0 Å². The third-order valence-corrected chi connectivity index (χ3v) is 4.56. The summed E-state index contributed by atoms with van der Waals surface area (Å²) in [5, 5.41) is 9.92. The first-order valence-corrected chi connectivity index (χ1v) is 8.08. The quantitative estimate of drug-likeness (QED) is 0.867. The van der Waals surface area contributed by atoms with Crippen molar-refractivity contribution in [3.63, 3.8) is 0 Å². The third-order valence-electron chi connectivity index (χ3n) is 3.50. The van der Waals surface area contributed by atoms with Gasteiger partial charge in [0.05, 0.1) is 17.7 Å². The molecule has 0 radical (unpaired) electrons. The molecule has 1 saturated heterocycles. The Morgan fingerprint density at radius 3 is 2.58 bits per heavy atom. The summed E-state index contributed by atoms with van der Waals surface area (Å²) in [6.45, 7) is 0. The Bertz CT molecular complexity index is 828. The summed E-state index contributed by atoms with van der Waals surface area (Å²) in [4.78, 5) is 19.0. The Balaban J connectivity index is 1.91. The van der Waals surface area contributed by atoms with E-state index in [0.717, 1.165) is 5.56 Å². The SMILES string of the molecule is COc1ccccc1/C=C1\SC(=Nc2ccc(O)cc2)N(C)C1=O. The molecule has 2 aromatic carbocycles. The second-order valence-corrected chi connectivity index (χ2v) is 6.14. The lowest BCUT2D eigenvalue weighted by Crippen LogP contribution is -2.23. The van der Waals surface area contributed by atoms with Gasteiger partial charge in [0.15, 0.2) is 5.17 Å². The molecule has 1 fully saturated rings. The van der Waals surface area contributed by atoms with Crippen LogP contribution < -0.4 is 4.74 Å². The number of likely N-dealkylation sites (N-methyl/N-ethyl adjacent to an activating group) is 1. The first-order chi connectivity index (χ1) is 11.6. The number of hydrogen-bond donors (Lipinski definition) is 1. The number of aliphatic imine (C=N–C) groups is 1. The number of nitrogens with zero attached hydrogens (tertiary/aromatic N) is 2. The largest absolute Gasteiger partial charge is 0.508 e. The standard InChI is InChI=1S/C18H16N2O3S/c1-20-17(22)16(11-12-5-3-4-6-15(12)23-2)24-18(20)19-13-7-9-14(21)10-8-13/h3-11,21H,1-2H3/b16-11-,19-18?. The fourth-order valence-electron chi connectivity index (χ4n) is 2.22. The fraction of sp³-hybridized carbons (Fsp3) is 0.111. The maximum atomic E-state index is 12.4. The van der Waals surface area contributed by atoms with E-state index in [-0.39, 0.29) is 11.7 Å². The molecule has 1 aliphatic rings. The first-order valence-electron chi connectivity index (χ1n) is 7.27. The van der Waals surface area contributed by atoms with Crippen molar-refractivity contribution in [3.8, 4) is 11.5 Å². The summed E-state index contributed by atoms with van der Waals surface area (Å²) < 4.78 is 5.32. The lowest BCUT2D eigenvalue weighted by Gasteiger charge is -2.07. The number of hydrogen-bond acceptors (Lipinski definition) is 5. The molecular weight excluding hydrogens is 324 g/mol. The number of phenolic OH excluding ortho intramolecular Hbond substituents is 1. The Labute approximate surface area is 144 Å². The highest BCUT2D eigenvalue weighted by molar-refractivity contribution is 8.18. The van der Waals surface area contributed by atoms with Gasteiger partial charge in [0.1, 0.15) is 11.5 Å². The van der Waals surface area contributed by atoms with Crippen molar-refractivity contribution >= 4 is 34.6 Å². The van der Waals surface area contributed by atoms with Crippen LogP contribution in [0.5, 0.6) is 11.5 Å². The Morgan fingerprint density at radius 2 is 1.88 bits per heavy atom. The molecule has 0 unspecified atom stereocenters. The molecule has 0 aliphatic carbocycles.